The summed E-state index contributed by atoms with van der Waals surface area (Å²) in [5.41, 5.74) is 0. The summed E-state index contributed by atoms with van der Waals surface area (Å²) in [7, 11) is 2.03. The molecule has 2 aliphatic heterocycles. The lowest BCUT2D eigenvalue weighted by molar-refractivity contribution is -0.0930. The standard InChI is InChI=1S/C14H24N4O2/c1-17-11-15-16-14(17)12-2-5-18(6-3-12)7-4-13-10-19-8-9-20-13/h11-13H,2-10H2,1H3. The molecule has 0 amide bonds. The minimum Gasteiger partial charge on any atom is -0.376 e. The van der Waals surface area contributed by atoms with Gasteiger partial charge in [0.25, 0.3) is 0 Å². The number of hydrogen-bond acceptors (Lipinski definition) is 5. The number of rotatable bonds is 4. The molecular weight excluding hydrogens is 256 g/mol. The summed E-state index contributed by atoms with van der Waals surface area (Å²) < 4.78 is 13.2. The van der Waals surface area contributed by atoms with E-state index in [4.69, 9.17) is 9.47 Å². The van der Waals surface area contributed by atoms with Crippen LogP contribution < -0.4 is 0 Å². The van der Waals surface area contributed by atoms with Gasteiger partial charge in [-0.25, -0.2) is 0 Å². The number of piperidine rings is 1. The summed E-state index contributed by atoms with van der Waals surface area (Å²) in [6.45, 7) is 5.66. The Morgan fingerprint density at radius 3 is 2.80 bits per heavy atom. The molecule has 0 bridgehead atoms. The van der Waals surface area contributed by atoms with Crippen LogP contribution >= 0.6 is 0 Å². The van der Waals surface area contributed by atoms with Gasteiger partial charge in [0.1, 0.15) is 12.2 Å². The highest BCUT2D eigenvalue weighted by Crippen LogP contribution is 2.26. The van der Waals surface area contributed by atoms with Crippen molar-refractivity contribution in [3.05, 3.63) is 12.2 Å². The van der Waals surface area contributed by atoms with E-state index in [1.54, 1.807) is 6.33 Å². The minimum absolute atomic E-state index is 0.292. The van der Waals surface area contributed by atoms with Gasteiger partial charge in [0, 0.05) is 19.5 Å². The highest BCUT2D eigenvalue weighted by molar-refractivity contribution is 4.98. The van der Waals surface area contributed by atoms with E-state index in [0.29, 0.717) is 12.0 Å². The maximum absolute atomic E-state index is 5.69. The lowest BCUT2D eigenvalue weighted by atomic mass is 9.95. The van der Waals surface area contributed by atoms with Gasteiger partial charge in [0.05, 0.1) is 25.9 Å². The molecule has 6 nitrogen and oxygen atoms in total. The number of ether oxygens (including phenoxy) is 2. The van der Waals surface area contributed by atoms with Gasteiger partial charge in [-0.05, 0) is 32.4 Å². The van der Waals surface area contributed by atoms with Gasteiger partial charge in [0.15, 0.2) is 0 Å². The van der Waals surface area contributed by atoms with Crippen LogP contribution in [-0.4, -0.2) is 65.2 Å². The first-order chi connectivity index (χ1) is 9.83. The molecule has 6 heteroatoms. The molecule has 2 fully saturated rings. The van der Waals surface area contributed by atoms with Gasteiger partial charge >= 0.3 is 0 Å². The topological polar surface area (TPSA) is 52.4 Å². The van der Waals surface area contributed by atoms with E-state index in [-0.39, 0.29) is 0 Å². The van der Waals surface area contributed by atoms with Gasteiger partial charge in [-0.1, -0.05) is 0 Å². The summed E-state index contributed by atoms with van der Waals surface area (Å²) in [5.74, 6) is 1.70. The molecule has 3 heterocycles. The maximum atomic E-state index is 5.69. The third-order valence-corrected chi connectivity index (χ3v) is 4.35. The molecule has 0 radical (unpaired) electrons. The van der Waals surface area contributed by atoms with Gasteiger partial charge in [-0.3, -0.25) is 0 Å². The molecular formula is C14H24N4O2. The van der Waals surface area contributed by atoms with Crippen LogP contribution in [0.1, 0.15) is 31.0 Å². The Morgan fingerprint density at radius 2 is 2.15 bits per heavy atom. The second-order valence-electron chi connectivity index (χ2n) is 5.77. The molecule has 2 saturated heterocycles. The number of aromatic nitrogens is 3. The molecule has 0 spiro atoms. The first kappa shape index (κ1) is 14.0. The van der Waals surface area contributed by atoms with Crippen molar-refractivity contribution >= 4 is 0 Å². The molecule has 1 atom stereocenters. The van der Waals surface area contributed by atoms with Crippen molar-refractivity contribution in [3.63, 3.8) is 0 Å². The summed E-state index contributed by atoms with van der Waals surface area (Å²) in [6, 6.07) is 0. The average Bonchev–Trinajstić information content (AvgIpc) is 2.93. The van der Waals surface area contributed by atoms with E-state index >= 15 is 0 Å². The van der Waals surface area contributed by atoms with E-state index in [0.717, 1.165) is 51.7 Å². The van der Waals surface area contributed by atoms with Crippen LogP contribution in [0.4, 0.5) is 0 Å². The van der Waals surface area contributed by atoms with Crippen molar-refractivity contribution in [1.29, 1.82) is 0 Å². The van der Waals surface area contributed by atoms with Crippen molar-refractivity contribution in [2.45, 2.75) is 31.3 Å². The quantitative estimate of drug-likeness (QED) is 0.816. The Kier molecular flexibility index (Phi) is 4.65. The SMILES string of the molecule is Cn1cnnc1C1CCN(CCC2COCCO2)CC1. The predicted octanol–water partition coefficient (Wildman–Crippen LogP) is 0.800. The monoisotopic (exact) mass is 280 g/mol. The molecule has 1 aromatic heterocycles. The highest BCUT2D eigenvalue weighted by atomic mass is 16.6. The predicted molar refractivity (Wildman–Crippen MR) is 74.6 cm³/mol. The van der Waals surface area contributed by atoms with E-state index in [1.165, 1.54) is 12.8 Å². The van der Waals surface area contributed by atoms with Crippen LogP contribution in [-0.2, 0) is 16.5 Å². The molecule has 0 N–H and O–H groups in total. The fourth-order valence-corrected chi connectivity index (χ4v) is 3.11. The fourth-order valence-electron chi connectivity index (χ4n) is 3.11. The van der Waals surface area contributed by atoms with Crippen LogP contribution in [0, 0.1) is 0 Å². The average molecular weight is 280 g/mol. The van der Waals surface area contributed by atoms with E-state index in [2.05, 4.69) is 15.1 Å². The Labute approximate surface area is 120 Å². The van der Waals surface area contributed by atoms with Gasteiger partial charge in [0.2, 0.25) is 0 Å². The van der Waals surface area contributed by atoms with Crippen molar-refractivity contribution in [2.24, 2.45) is 7.05 Å². The van der Waals surface area contributed by atoms with E-state index in [9.17, 15) is 0 Å². The maximum Gasteiger partial charge on any atom is 0.135 e. The lowest BCUT2D eigenvalue weighted by Gasteiger charge is -2.32. The van der Waals surface area contributed by atoms with Crippen molar-refractivity contribution in [2.75, 3.05) is 39.5 Å². The molecule has 2 aliphatic rings. The molecule has 0 saturated carbocycles. The first-order valence-electron chi connectivity index (χ1n) is 7.58. The van der Waals surface area contributed by atoms with Crippen LogP contribution in [0.3, 0.4) is 0 Å². The molecule has 1 aromatic rings. The third-order valence-electron chi connectivity index (χ3n) is 4.35. The Bertz CT molecular complexity index is 409. The van der Waals surface area contributed by atoms with Gasteiger partial charge in [-0.2, -0.15) is 0 Å². The van der Waals surface area contributed by atoms with Crippen LogP contribution in [0.2, 0.25) is 0 Å². The van der Waals surface area contributed by atoms with Gasteiger partial charge in [-0.15, -0.1) is 10.2 Å². The Hall–Kier alpha value is -0.980. The molecule has 3 rings (SSSR count). The fraction of sp³-hybridized carbons (Fsp3) is 0.857. The number of aryl methyl sites for hydroxylation is 1. The van der Waals surface area contributed by atoms with E-state index in [1.807, 2.05) is 11.6 Å². The molecule has 20 heavy (non-hydrogen) atoms. The molecule has 1 unspecified atom stereocenters. The highest BCUT2D eigenvalue weighted by Gasteiger charge is 2.24. The van der Waals surface area contributed by atoms with Crippen molar-refractivity contribution < 1.29 is 9.47 Å². The largest absolute Gasteiger partial charge is 0.376 e. The first-order valence-corrected chi connectivity index (χ1v) is 7.58. The van der Waals surface area contributed by atoms with Crippen molar-refractivity contribution in [3.8, 4) is 0 Å². The number of nitrogens with zero attached hydrogens (tertiary/aromatic N) is 4. The zero-order valence-corrected chi connectivity index (χ0v) is 12.2. The second kappa shape index (κ2) is 6.65. The van der Waals surface area contributed by atoms with E-state index < -0.39 is 0 Å². The Morgan fingerprint density at radius 1 is 1.30 bits per heavy atom. The molecule has 112 valence electrons. The minimum atomic E-state index is 0.292. The van der Waals surface area contributed by atoms with Gasteiger partial charge < -0.3 is 18.9 Å². The van der Waals surface area contributed by atoms with Crippen LogP contribution in [0.5, 0.6) is 0 Å². The zero-order chi connectivity index (χ0) is 13.8. The normalized spacial score (nSPS) is 25.9. The molecule has 0 aliphatic carbocycles. The number of likely N-dealkylation sites (tertiary alicyclic amines) is 1. The summed E-state index contributed by atoms with van der Waals surface area (Å²) in [5, 5.41) is 8.22. The number of hydrogen-bond donors (Lipinski definition) is 0. The Balaban J connectivity index is 1.41. The van der Waals surface area contributed by atoms with Crippen LogP contribution in [0.25, 0.3) is 0 Å². The van der Waals surface area contributed by atoms with Crippen molar-refractivity contribution in [1.82, 2.24) is 19.7 Å². The smallest absolute Gasteiger partial charge is 0.135 e. The second-order valence-corrected chi connectivity index (χ2v) is 5.77. The summed E-state index contributed by atoms with van der Waals surface area (Å²) in [4.78, 5) is 2.53. The third kappa shape index (κ3) is 3.37. The zero-order valence-electron chi connectivity index (χ0n) is 12.2. The lowest BCUT2D eigenvalue weighted by Crippen LogP contribution is -2.37. The summed E-state index contributed by atoms with van der Waals surface area (Å²) in [6.07, 6.45) is 5.51. The van der Waals surface area contributed by atoms with Crippen LogP contribution in [0.15, 0.2) is 6.33 Å². The summed E-state index contributed by atoms with van der Waals surface area (Å²) >= 11 is 0. The molecule has 0 aromatic carbocycles.